The van der Waals surface area contributed by atoms with Crippen molar-refractivity contribution < 1.29 is 52.7 Å². The molecule has 2 aromatic heterocycles. The van der Waals surface area contributed by atoms with E-state index in [4.69, 9.17) is 0 Å². The van der Waals surface area contributed by atoms with Crippen molar-refractivity contribution in [3.8, 4) is 56.9 Å². The summed E-state index contributed by atoms with van der Waals surface area (Å²) in [6.45, 7) is 0. The second-order valence-electron chi connectivity index (χ2n) is 16.5. The highest BCUT2D eigenvalue weighted by molar-refractivity contribution is 6.13. The second kappa shape index (κ2) is 16.1. The van der Waals surface area contributed by atoms with Crippen LogP contribution in [0, 0.1) is 22.7 Å². The second-order valence-corrected chi connectivity index (χ2v) is 16.5. The Bertz CT molecular complexity index is 3590. The molecule has 0 atom stereocenters. The van der Waals surface area contributed by atoms with Gasteiger partial charge >= 0.3 is 24.7 Å². The van der Waals surface area contributed by atoms with Gasteiger partial charge in [-0.15, -0.1) is 0 Å². The zero-order chi connectivity index (χ0) is 49.7. The third kappa shape index (κ3) is 7.81. The van der Waals surface area contributed by atoms with Gasteiger partial charge in [-0.1, -0.05) is 72.8 Å². The van der Waals surface area contributed by atoms with E-state index in [1.807, 2.05) is 0 Å². The van der Waals surface area contributed by atoms with E-state index in [1.165, 1.54) is 36.4 Å². The van der Waals surface area contributed by atoms with Crippen molar-refractivity contribution in [2.75, 3.05) is 0 Å². The SMILES string of the molecule is N#Cc1cccc(-c2c(-n3c4ccccc4c4ccc(-c5cc(C(F)(F)F)cc(C(F)(F)F)c5)cc43)cc(C#N)cc2-n2c3ccccc3c3ccc(-c4cc(C(F)(F)F)cc(C(F)(F)F)c4)cc32)c1. The van der Waals surface area contributed by atoms with Crippen LogP contribution < -0.4 is 0 Å². The first-order valence-electron chi connectivity index (χ1n) is 20.9. The Morgan fingerprint density at radius 1 is 0.314 bits per heavy atom. The fourth-order valence-electron chi connectivity index (χ4n) is 9.13. The molecule has 2 heterocycles. The van der Waals surface area contributed by atoms with Crippen molar-refractivity contribution in [3.05, 3.63) is 191 Å². The maximum atomic E-state index is 14.1. The van der Waals surface area contributed by atoms with E-state index >= 15 is 0 Å². The molecule has 4 nitrogen and oxygen atoms in total. The van der Waals surface area contributed by atoms with Crippen LogP contribution >= 0.6 is 0 Å². The van der Waals surface area contributed by atoms with Crippen LogP contribution in [0.1, 0.15) is 33.4 Å². The van der Waals surface area contributed by atoms with Crippen LogP contribution in [0.5, 0.6) is 0 Å². The molecule has 0 amide bonds. The molecule has 10 rings (SSSR count). The topological polar surface area (TPSA) is 57.4 Å². The molecule has 0 spiro atoms. The van der Waals surface area contributed by atoms with Crippen LogP contribution in [0.4, 0.5) is 52.7 Å². The van der Waals surface area contributed by atoms with Gasteiger partial charge in [0.25, 0.3) is 0 Å². The molecule has 0 aliphatic rings. The number of hydrogen-bond acceptors (Lipinski definition) is 2. The number of rotatable bonds is 5. The van der Waals surface area contributed by atoms with Gasteiger partial charge in [0.05, 0.1) is 79.0 Å². The van der Waals surface area contributed by atoms with Crippen molar-refractivity contribution in [3.63, 3.8) is 0 Å². The van der Waals surface area contributed by atoms with E-state index in [9.17, 15) is 63.2 Å². The Balaban J connectivity index is 1.33. The first-order valence-corrected chi connectivity index (χ1v) is 20.9. The predicted octanol–water partition coefficient (Wildman–Crippen LogP) is 16.7. The van der Waals surface area contributed by atoms with Crippen molar-refractivity contribution >= 4 is 43.6 Å². The maximum Gasteiger partial charge on any atom is 0.416 e. The molecular formula is C54H26F12N4. The zero-order valence-electron chi connectivity index (χ0n) is 35.3. The van der Waals surface area contributed by atoms with E-state index < -0.39 is 58.1 Å². The molecule has 0 aliphatic carbocycles. The molecule has 8 aromatic carbocycles. The zero-order valence-corrected chi connectivity index (χ0v) is 35.3. The minimum absolute atomic E-state index is 0.0176. The van der Waals surface area contributed by atoms with E-state index in [0.717, 1.165) is 0 Å². The number of nitrogens with zero attached hydrogens (tertiary/aromatic N) is 4. The van der Waals surface area contributed by atoms with Crippen molar-refractivity contribution in [1.82, 2.24) is 9.13 Å². The van der Waals surface area contributed by atoms with Crippen LogP contribution in [-0.2, 0) is 24.7 Å². The lowest BCUT2D eigenvalue weighted by molar-refractivity contribution is -0.144. The first-order chi connectivity index (χ1) is 33.1. The van der Waals surface area contributed by atoms with Gasteiger partial charge in [-0.2, -0.15) is 63.2 Å². The number of benzene rings is 8. The Morgan fingerprint density at radius 3 is 1.09 bits per heavy atom. The molecule has 0 saturated heterocycles. The summed E-state index contributed by atoms with van der Waals surface area (Å²) in [4.78, 5) is 0. The average molecular weight is 959 g/mol. The van der Waals surface area contributed by atoms with Crippen LogP contribution in [0.25, 0.3) is 88.4 Å². The average Bonchev–Trinajstić information content (AvgIpc) is 3.84. The van der Waals surface area contributed by atoms with Crippen molar-refractivity contribution in [2.45, 2.75) is 24.7 Å². The first kappa shape index (κ1) is 45.3. The summed E-state index contributed by atoms with van der Waals surface area (Å²) in [5.41, 5.74) is -3.89. The lowest BCUT2D eigenvalue weighted by Crippen LogP contribution is -2.11. The maximum absolute atomic E-state index is 14.1. The van der Waals surface area contributed by atoms with Gasteiger partial charge in [0.2, 0.25) is 0 Å². The monoisotopic (exact) mass is 958 g/mol. The summed E-state index contributed by atoms with van der Waals surface area (Å²) in [5.74, 6) is 0. The third-order valence-electron chi connectivity index (χ3n) is 12.2. The molecule has 16 heteroatoms. The largest absolute Gasteiger partial charge is 0.416 e. The third-order valence-corrected chi connectivity index (χ3v) is 12.2. The minimum Gasteiger partial charge on any atom is -0.308 e. The summed E-state index contributed by atoms with van der Waals surface area (Å²) in [7, 11) is 0. The van der Waals surface area contributed by atoms with Gasteiger partial charge in [0.1, 0.15) is 0 Å². The Morgan fingerprint density at radius 2 is 0.700 bits per heavy atom. The van der Waals surface area contributed by atoms with Gasteiger partial charge in [-0.05, 0) is 113 Å². The van der Waals surface area contributed by atoms with E-state index in [1.54, 1.807) is 94.1 Å². The number of para-hydroxylation sites is 2. The Labute approximate surface area is 387 Å². The van der Waals surface area contributed by atoms with Gasteiger partial charge in [0, 0.05) is 27.1 Å². The molecule has 0 saturated carbocycles. The van der Waals surface area contributed by atoms with Crippen molar-refractivity contribution in [1.29, 1.82) is 10.5 Å². The number of nitriles is 2. The van der Waals surface area contributed by atoms with E-state index in [0.29, 0.717) is 68.0 Å². The molecule has 10 aromatic rings. The minimum atomic E-state index is -5.14. The number of fused-ring (bicyclic) bond motifs is 6. The van der Waals surface area contributed by atoms with Crippen LogP contribution in [0.2, 0.25) is 0 Å². The van der Waals surface area contributed by atoms with Crippen LogP contribution in [-0.4, -0.2) is 9.13 Å². The summed E-state index contributed by atoms with van der Waals surface area (Å²) in [5, 5.41) is 23.1. The molecule has 0 radical (unpaired) electrons. The fraction of sp³-hybridized carbons (Fsp3) is 0.0741. The summed E-state index contributed by atoms with van der Waals surface area (Å²) < 4.78 is 173. The summed E-state index contributed by atoms with van der Waals surface area (Å²) >= 11 is 0. The summed E-state index contributed by atoms with van der Waals surface area (Å²) in [6, 6.07) is 39.0. The number of aromatic nitrogens is 2. The normalized spacial score (nSPS) is 12.5. The molecular weight excluding hydrogens is 933 g/mol. The van der Waals surface area contributed by atoms with Gasteiger partial charge in [-0.25, -0.2) is 0 Å². The van der Waals surface area contributed by atoms with Crippen LogP contribution in [0.3, 0.4) is 0 Å². The molecule has 0 N–H and O–H groups in total. The highest BCUT2D eigenvalue weighted by Gasteiger charge is 2.39. The van der Waals surface area contributed by atoms with E-state index in [2.05, 4.69) is 12.1 Å². The van der Waals surface area contributed by atoms with Gasteiger partial charge in [-0.3, -0.25) is 0 Å². The van der Waals surface area contributed by atoms with E-state index in [-0.39, 0.29) is 56.8 Å². The lowest BCUT2D eigenvalue weighted by Gasteiger charge is -2.21. The number of hydrogen-bond donors (Lipinski definition) is 0. The molecule has 0 aliphatic heterocycles. The Kier molecular flexibility index (Phi) is 10.4. The fourth-order valence-corrected chi connectivity index (χ4v) is 9.13. The molecule has 346 valence electrons. The molecule has 70 heavy (non-hydrogen) atoms. The highest BCUT2D eigenvalue weighted by atomic mass is 19.4. The number of halogens is 12. The Hall–Kier alpha value is -8.50. The summed E-state index contributed by atoms with van der Waals surface area (Å²) in [6.07, 6.45) is -20.5. The van der Waals surface area contributed by atoms with Crippen LogP contribution in [0.15, 0.2) is 158 Å². The predicted molar refractivity (Wildman–Crippen MR) is 241 cm³/mol. The van der Waals surface area contributed by atoms with Gasteiger partial charge < -0.3 is 9.13 Å². The van der Waals surface area contributed by atoms with Crippen molar-refractivity contribution in [2.24, 2.45) is 0 Å². The molecule has 0 bridgehead atoms. The molecule has 0 fully saturated rings. The smallest absolute Gasteiger partial charge is 0.308 e. The standard InChI is InChI=1S/C54H26F12N4/c55-51(56,57)36-19-34(20-37(25-36)52(58,59)60)31-12-14-42-40-8-1-3-10-44(40)69(46(42)23-31)48-17-30(28-68)18-49(50(48)33-7-5-6-29(16-33)27-67)70-45-11-4-2-9-41(45)43-15-13-32(24-47(43)70)35-21-38(53(61,62)63)26-39(22-35)54(64,65)66/h1-26H. The molecule has 0 unspecified atom stereocenters. The lowest BCUT2D eigenvalue weighted by atomic mass is 9.96. The highest BCUT2D eigenvalue weighted by Crippen LogP contribution is 2.46. The number of alkyl halides is 12. The quantitative estimate of drug-likeness (QED) is 0.161. The van der Waals surface area contributed by atoms with Gasteiger partial charge in [0.15, 0.2) is 0 Å².